The van der Waals surface area contributed by atoms with E-state index in [9.17, 15) is 9.59 Å². The third kappa shape index (κ3) is 3.63. The minimum Gasteiger partial charge on any atom is -0.323 e. The number of carbonyl (C=O) groups is 2. The summed E-state index contributed by atoms with van der Waals surface area (Å²) < 4.78 is 0. The van der Waals surface area contributed by atoms with Gasteiger partial charge in [-0.25, -0.2) is 5.10 Å². The Balaban J connectivity index is 0.00000205. The van der Waals surface area contributed by atoms with Crippen molar-refractivity contribution in [1.29, 1.82) is 0 Å². The number of rotatable bonds is 2. The number of aromatic amines is 1. The Hall–Kier alpha value is -2.43. The van der Waals surface area contributed by atoms with Crippen LogP contribution in [-0.4, -0.2) is 83.8 Å². The van der Waals surface area contributed by atoms with E-state index in [4.69, 9.17) is 0 Å². The molecule has 9 heteroatoms. The summed E-state index contributed by atoms with van der Waals surface area (Å²) in [6.07, 6.45) is -0.239. The molecule has 0 unspecified atom stereocenters. The van der Waals surface area contributed by atoms with E-state index in [1.54, 1.807) is 4.90 Å². The van der Waals surface area contributed by atoms with Crippen LogP contribution in [-0.2, 0) is 9.59 Å². The number of aromatic nitrogens is 4. The van der Waals surface area contributed by atoms with Crippen LogP contribution in [0.2, 0.25) is 0 Å². The van der Waals surface area contributed by atoms with Crippen molar-refractivity contribution in [2.24, 2.45) is 0 Å². The van der Waals surface area contributed by atoms with Crippen molar-refractivity contribution in [3.63, 3.8) is 0 Å². The maximum absolute atomic E-state index is 12.9. The quantitative estimate of drug-likeness (QED) is 0.391. The van der Waals surface area contributed by atoms with Gasteiger partial charge in [0.15, 0.2) is 5.82 Å². The van der Waals surface area contributed by atoms with Gasteiger partial charge in [0.1, 0.15) is 6.42 Å². The molecule has 0 saturated heterocycles. The molecule has 0 fully saturated rings. The summed E-state index contributed by atoms with van der Waals surface area (Å²) in [6.45, 7) is 0. The van der Waals surface area contributed by atoms with Crippen LogP contribution >= 0.6 is 0 Å². The molecular weight excluding hydrogens is 395 g/mol. The summed E-state index contributed by atoms with van der Waals surface area (Å²) in [6, 6.07) is 18.8. The Morgan fingerprint density at radius 3 is 2.66 bits per heavy atom. The fourth-order valence-corrected chi connectivity index (χ4v) is 3.47. The third-order valence-corrected chi connectivity index (χ3v) is 4.70. The van der Waals surface area contributed by atoms with Crippen LogP contribution < -0.4 is 10.2 Å². The van der Waals surface area contributed by atoms with Gasteiger partial charge < -0.3 is 5.32 Å². The van der Waals surface area contributed by atoms with Crippen LogP contribution in [0.1, 0.15) is 6.42 Å². The molecule has 2 heterocycles. The van der Waals surface area contributed by atoms with Gasteiger partial charge in [0, 0.05) is 68.0 Å². The Labute approximate surface area is 208 Å². The monoisotopic (exact) mass is 409 g/mol. The van der Waals surface area contributed by atoms with Crippen LogP contribution in [0.3, 0.4) is 0 Å². The average molecular weight is 409 g/mol. The maximum atomic E-state index is 12.9. The van der Waals surface area contributed by atoms with Gasteiger partial charge in [0.25, 0.3) is 0 Å². The number of fused-ring (bicyclic) bond motifs is 3. The van der Waals surface area contributed by atoms with E-state index in [2.05, 4.69) is 25.9 Å². The molecule has 4 aromatic rings. The van der Waals surface area contributed by atoms with Gasteiger partial charge in [-0.2, -0.15) is 0 Å². The smallest absolute Gasteiger partial charge is 0.241 e. The standard InChI is InChI=1S/C20H14N6O2.K/c27-17-11-18(28)26(14-6-3-5-13(10-14)20-22-24-25-23-20)16-9-8-12-4-1-2-7-15(12)19(16)21-17;/h1-10H,11H2,(H,21,27)(H,22,23,24,25);. The van der Waals surface area contributed by atoms with Gasteiger partial charge in [-0.1, -0.05) is 42.5 Å². The minimum absolute atomic E-state index is 0. The van der Waals surface area contributed by atoms with E-state index in [1.807, 2.05) is 60.7 Å². The molecule has 2 N–H and O–H groups in total. The van der Waals surface area contributed by atoms with Gasteiger partial charge in [0.2, 0.25) is 11.8 Å². The van der Waals surface area contributed by atoms with E-state index in [1.165, 1.54) is 0 Å². The predicted octanol–water partition coefficient (Wildman–Crippen LogP) is 2.65. The number of nitrogens with zero attached hydrogens (tertiary/aromatic N) is 4. The molecule has 0 bridgehead atoms. The fraction of sp³-hybridized carbons (Fsp3) is 0.0500. The zero-order valence-corrected chi connectivity index (χ0v) is 18.7. The van der Waals surface area contributed by atoms with E-state index < -0.39 is 0 Å². The molecule has 3 aromatic carbocycles. The first-order chi connectivity index (χ1) is 13.7. The van der Waals surface area contributed by atoms with Crippen LogP contribution in [0.15, 0.2) is 60.7 Å². The van der Waals surface area contributed by atoms with Gasteiger partial charge in [-0.15, -0.1) is 5.10 Å². The number of carbonyl (C=O) groups excluding carboxylic acids is 2. The van der Waals surface area contributed by atoms with Crippen molar-refractivity contribution in [2.45, 2.75) is 6.42 Å². The Bertz CT molecular complexity index is 1220. The van der Waals surface area contributed by atoms with Crippen molar-refractivity contribution < 1.29 is 9.59 Å². The molecule has 0 saturated carbocycles. The number of hydrogen-bond donors (Lipinski definition) is 2. The van der Waals surface area contributed by atoms with Crippen LogP contribution in [0, 0.1) is 0 Å². The van der Waals surface area contributed by atoms with Crippen LogP contribution in [0.4, 0.5) is 17.1 Å². The number of hydrogen-bond acceptors (Lipinski definition) is 5. The molecule has 0 atom stereocenters. The molecule has 1 aliphatic rings. The first-order valence-electron chi connectivity index (χ1n) is 8.69. The molecule has 0 aliphatic carbocycles. The molecule has 29 heavy (non-hydrogen) atoms. The summed E-state index contributed by atoms with van der Waals surface area (Å²) in [5, 5.41) is 18.6. The number of amides is 2. The number of benzene rings is 3. The average Bonchev–Trinajstić information content (AvgIpc) is 3.20. The molecule has 1 radical (unpaired) electrons. The third-order valence-electron chi connectivity index (χ3n) is 4.70. The SMILES string of the molecule is O=C1CC(=O)N(c2cccc(-c3nnn[nH]3)c2)c2ccc3ccccc3c2N1.[K]. The topological polar surface area (TPSA) is 104 Å². The molecule has 1 aliphatic heterocycles. The molecule has 0 spiro atoms. The second-order valence-corrected chi connectivity index (χ2v) is 6.44. The molecule has 8 nitrogen and oxygen atoms in total. The van der Waals surface area contributed by atoms with Crippen molar-refractivity contribution in [1.82, 2.24) is 20.6 Å². The van der Waals surface area contributed by atoms with Crippen LogP contribution in [0.5, 0.6) is 0 Å². The van der Waals surface area contributed by atoms with Crippen molar-refractivity contribution in [3.8, 4) is 11.4 Å². The number of anilines is 3. The molecule has 137 valence electrons. The minimum atomic E-state index is -0.333. The van der Waals surface area contributed by atoms with E-state index in [0.29, 0.717) is 22.9 Å². The summed E-state index contributed by atoms with van der Waals surface area (Å²) in [5.41, 5.74) is 2.62. The molecule has 2 amide bonds. The van der Waals surface area contributed by atoms with Gasteiger partial charge >= 0.3 is 0 Å². The first kappa shape index (κ1) is 19.9. The zero-order valence-electron chi connectivity index (χ0n) is 15.6. The van der Waals surface area contributed by atoms with E-state index >= 15 is 0 Å². The first-order valence-corrected chi connectivity index (χ1v) is 8.69. The summed E-state index contributed by atoms with van der Waals surface area (Å²) >= 11 is 0. The zero-order chi connectivity index (χ0) is 19.1. The summed E-state index contributed by atoms with van der Waals surface area (Å²) in [5.74, 6) is -0.142. The number of H-pyrrole nitrogens is 1. The van der Waals surface area contributed by atoms with Gasteiger partial charge in [0.05, 0.1) is 11.4 Å². The molecule has 5 rings (SSSR count). The Morgan fingerprint density at radius 2 is 1.83 bits per heavy atom. The van der Waals surface area contributed by atoms with Gasteiger partial charge in [-0.3, -0.25) is 14.5 Å². The van der Waals surface area contributed by atoms with Crippen molar-refractivity contribution in [3.05, 3.63) is 60.7 Å². The van der Waals surface area contributed by atoms with E-state index in [-0.39, 0.29) is 69.6 Å². The Kier molecular flexibility index (Phi) is 5.57. The maximum Gasteiger partial charge on any atom is 0.241 e. The summed E-state index contributed by atoms with van der Waals surface area (Å²) in [7, 11) is 0. The number of nitrogens with one attached hydrogen (secondary N) is 2. The normalized spacial score (nSPS) is 13.4. The predicted molar refractivity (Wildman–Crippen MR) is 110 cm³/mol. The number of tetrazole rings is 1. The van der Waals surface area contributed by atoms with Gasteiger partial charge in [-0.05, 0) is 34.0 Å². The van der Waals surface area contributed by atoms with E-state index in [0.717, 1.165) is 16.3 Å². The second-order valence-electron chi connectivity index (χ2n) is 6.44. The molecule has 1 aromatic heterocycles. The molecular formula is C20H14KN6O2. The second kappa shape index (κ2) is 8.13. The van der Waals surface area contributed by atoms with Crippen molar-refractivity contribution >= 4 is 91.0 Å². The fourth-order valence-electron chi connectivity index (χ4n) is 3.47. The summed E-state index contributed by atoms with van der Waals surface area (Å²) in [4.78, 5) is 26.8. The van der Waals surface area contributed by atoms with Crippen molar-refractivity contribution in [2.75, 3.05) is 10.2 Å². The Morgan fingerprint density at radius 1 is 0.966 bits per heavy atom. The van der Waals surface area contributed by atoms with Crippen LogP contribution in [0.25, 0.3) is 22.2 Å². The largest absolute Gasteiger partial charge is 0.323 e.